The topological polar surface area (TPSA) is 0 Å². The summed E-state index contributed by atoms with van der Waals surface area (Å²) in [4.78, 5) is 0. The van der Waals surface area contributed by atoms with Crippen molar-refractivity contribution in [1.29, 1.82) is 0 Å². The van der Waals surface area contributed by atoms with Crippen LogP contribution in [0.3, 0.4) is 0 Å². The Labute approximate surface area is 155 Å². The Balaban J connectivity index is -0.00000108. The molecule has 1 aliphatic carbocycles. The summed E-state index contributed by atoms with van der Waals surface area (Å²) in [5.74, 6) is 0. The van der Waals surface area contributed by atoms with E-state index in [1.54, 1.807) is 19.3 Å². The van der Waals surface area contributed by atoms with Crippen LogP contribution >= 0.6 is 17.2 Å². The van der Waals surface area contributed by atoms with Crippen LogP contribution in [0.25, 0.3) is 0 Å². The fourth-order valence-corrected chi connectivity index (χ4v) is 6.27. The summed E-state index contributed by atoms with van der Waals surface area (Å²) in [6.07, 6.45) is 13.4. The van der Waals surface area contributed by atoms with E-state index in [9.17, 15) is 0 Å². The van der Waals surface area contributed by atoms with E-state index in [0.717, 1.165) is 16.7 Å². The Hall–Kier alpha value is 1.57. The van der Waals surface area contributed by atoms with E-state index in [1.165, 1.54) is 55.7 Å². The van der Waals surface area contributed by atoms with E-state index >= 15 is 0 Å². The zero-order valence-corrected chi connectivity index (χ0v) is 19.1. The van der Waals surface area contributed by atoms with Gasteiger partial charge in [-0.05, 0) is 62.2 Å². The monoisotopic (exact) mass is 366 g/mol. The van der Waals surface area contributed by atoms with Gasteiger partial charge in [-0.1, -0.05) is 39.5 Å². The molecular formula is C18H40P2Ti. The molecule has 0 aromatic rings. The number of hydrogen-bond donors (Lipinski definition) is 0. The first-order valence-electron chi connectivity index (χ1n) is 8.04. The molecule has 4 atom stereocenters. The molecule has 0 aromatic heterocycles. The van der Waals surface area contributed by atoms with E-state index < -0.39 is 0 Å². The summed E-state index contributed by atoms with van der Waals surface area (Å²) < 4.78 is 0. The van der Waals surface area contributed by atoms with Crippen molar-refractivity contribution in [3.63, 3.8) is 0 Å². The van der Waals surface area contributed by atoms with Crippen molar-refractivity contribution in [3.8, 4) is 0 Å². The van der Waals surface area contributed by atoms with Crippen LogP contribution in [-0.4, -0.2) is 24.6 Å². The van der Waals surface area contributed by atoms with E-state index in [0.29, 0.717) is 0 Å². The molecule has 1 aliphatic rings. The number of unbranched alkanes of at least 4 members (excludes halogenated alkanes) is 2. The van der Waals surface area contributed by atoms with Crippen LogP contribution in [0, 0.1) is 20.3 Å². The van der Waals surface area contributed by atoms with Crippen molar-refractivity contribution < 1.29 is 21.7 Å². The Kier molecular flexibility index (Phi) is 19.7. The smallest absolute Gasteiger partial charge is 0.358 e. The van der Waals surface area contributed by atoms with Crippen molar-refractivity contribution in [3.05, 3.63) is 14.9 Å². The van der Waals surface area contributed by atoms with Crippen LogP contribution in [-0.2, 0) is 21.7 Å². The molecule has 21 heavy (non-hydrogen) atoms. The Bertz CT molecular complexity index is 199. The first kappa shape index (κ1) is 27.4. The largest absolute Gasteiger partial charge is 2.00 e. The summed E-state index contributed by atoms with van der Waals surface area (Å²) in [7, 11) is 2.35. The van der Waals surface area contributed by atoms with Gasteiger partial charge in [-0.2, -0.15) is 0 Å². The third kappa shape index (κ3) is 9.45. The van der Waals surface area contributed by atoms with Gasteiger partial charge in [0.1, 0.15) is 0 Å². The quantitative estimate of drug-likeness (QED) is 0.252. The van der Waals surface area contributed by atoms with Gasteiger partial charge < -0.3 is 14.9 Å². The van der Waals surface area contributed by atoms with Crippen LogP contribution in [0.2, 0.25) is 0 Å². The molecule has 0 aliphatic heterocycles. The van der Waals surface area contributed by atoms with Crippen LogP contribution in [0.15, 0.2) is 0 Å². The molecule has 126 valence electrons. The second-order valence-corrected chi connectivity index (χ2v) is 9.11. The molecule has 0 aromatic carbocycles. The molecule has 0 radical (unpaired) electrons. The van der Waals surface area contributed by atoms with Crippen molar-refractivity contribution in [1.82, 2.24) is 0 Å². The van der Waals surface area contributed by atoms with E-state index in [2.05, 4.69) is 27.2 Å². The van der Waals surface area contributed by atoms with Gasteiger partial charge in [0.15, 0.2) is 0 Å². The number of hydrogen-bond acceptors (Lipinski definition) is 0. The Morgan fingerprint density at radius 1 is 0.857 bits per heavy atom. The van der Waals surface area contributed by atoms with Crippen LogP contribution in [0.4, 0.5) is 0 Å². The average molecular weight is 366 g/mol. The maximum atomic E-state index is 2.44. The maximum Gasteiger partial charge on any atom is 2.00 e. The Morgan fingerprint density at radius 2 is 1.24 bits per heavy atom. The molecule has 0 N–H and O–H groups in total. The first-order chi connectivity index (χ1) is 8.69. The second kappa shape index (κ2) is 15.1. The molecule has 0 saturated heterocycles. The predicted octanol–water partition coefficient (Wildman–Crippen LogP) is 6.79. The fraction of sp³-hybridized carbons (Fsp3) is 0.889. The van der Waals surface area contributed by atoms with E-state index in [-0.39, 0.29) is 36.6 Å². The van der Waals surface area contributed by atoms with Gasteiger partial charge in [-0.15, -0.1) is 17.2 Å². The summed E-state index contributed by atoms with van der Waals surface area (Å²) in [6, 6.07) is 0. The fourth-order valence-electron chi connectivity index (χ4n) is 3.72. The molecule has 0 heterocycles. The van der Waals surface area contributed by atoms with Crippen molar-refractivity contribution in [2.75, 3.05) is 13.3 Å². The predicted molar refractivity (Wildman–Crippen MR) is 104 cm³/mol. The van der Waals surface area contributed by atoms with Crippen molar-refractivity contribution in [2.24, 2.45) is 5.41 Å². The molecule has 0 spiro atoms. The summed E-state index contributed by atoms with van der Waals surface area (Å²) in [5, 5.41) is 0. The molecular weight excluding hydrogens is 326 g/mol. The zero-order valence-electron chi connectivity index (χ0n) is 15.5. The molecule has 1 fully saturated rings. The maximum absolute atomic E-state index is 2.44. The molecule has 0 amide bonds. The second-order valence-electron chi connectivity index (χ2n) is 6.32. The van der Waals surface area contributed by atoms with E-state index in [4.69, 9.17) is 0 Å². The molecule has 0 bridgehead atoms. The van der Waals surface area contributed by atoms with Gasteiger partial charge >= 0.3 is 21.7 Å². The molecule has 0 nitrogen and oxygen atoms in total. The summed E-state index contributed by atoms with van der Waals surface area (Å²) in [5.41, 5.74) is 2.86. The van der Waals surface area contributed by atoms with Crippen LogP contribution < -0.4 is 0 Å². The van der Waals surface area contributed by atoms with Gasteiger partial charge in [0.05, 0.1) is 0 Å². The van der Waals surface area contributed by atoms with Gasteiger partial charge in [0, 0.05) is 0 Å². The average Bonchev–Trinajstić information content (AvgIpc) is 2.42. The molecule has 1 saturated carbocycles. The van der Waals surface area contributed by atoms with Gasteiger partial charge in [0.2, 0.25) is 0 Å². The van der Waals surface area contributed by atoms with Crippen LogP contribution in [0.1, 0.15) is 71.6 Å². The minimum Gasteiger partial charge on any atom is -0.358 e. The molecule has 4 unspecified atom stereocenters. The van der Waals surface area contributed by atoms with Crippen molar-refractivity contribution in [2.45, 2.75) is 83.0 Å². The first-order valence-corrected chi connectivity index (χ1v) is 11.2. The van der Waals surface area contributed by atoms with Gasteiger partial charge in [-0.25, -0.2) is 0 Å². The zero-order chi connectivity index (χ0) is 13.4. The van der Waals surface area contributed by atoms with E-state index in [1.807, 2.05) is 0 Å². The SMILES string of the molecule is CCCCC1(CCCC)CC(PC)CC(PC)C1.[CH3-].[CH3-].[Ti+2]. The minimum absolute atomic E-state index is 0. The Morgan fingerprint density at radius 3 is 1.52 bits per heavy atom. The number of rotatable bonds is 8. The third-order valence-electron chi connectivity index (χ3n) is 4.87. The van der Waals surface area contributed by atoms with Gasteiger partial charge in [0.25, 0.3) is 0 Å². The molecule has 1 rings (SSSR count). The summed E-state index contributed by atoms with van der Waals surface area (Å²) >= 11 is 0. The normalized spacial score (nSPS) is 24.6. The minimum atomic E-state index is 0. The van der Waals surface area contributed by atoms with Crippen LogP contribution in [0.5, 0.6) is 0 Å². The third-order valence-corrected chi connectivity index (χ3v) is 7.38. The standard InChI is InChI=1S/C16H34P2.2CH3.Ti/c1-5-7-9-16(10-8-6-2)12-14(17-3)11-15(13-16)18-4;;;/h14-15,17-18H,5-13H2,1-4H3;2*1H3;/q;2*-1;+2. The summed E-state index contributed by atoms with van der Waals surface area (Å²) in [6.45, 7) is 9.59. The molecule has 3 heteroatoms. The van der Waals surface area contributed by atoms with Gasteiger partial charge in [-0.3, -0.25) is 0 Å². The van der Waals surface area contributed by atoms with Crippen molar-refractivity contribution >= 4 is 17.2 Å².